The summed E-state index contributed by atoms with van der Waals surface area (Å²) < 4.78 is 0. The van der Waals surface area contributed by atoms with Gasteiger partial charge in [-0.1, -0.05) is 35.3 Å². The van der Waals surface area contributed by atoms with Gasteiger partial charge in [0.25, 0.3) is 5.91 Å². The Labute approximate surface area is 160 Å². The Morgan fingerprint density at radius 2 is 1.92 bits per heavy atom. The Balaban J connectivity index is 2.09. The molecule has 0 saturated carbocycles. The van der Waals surface area contributed by atoms with Crippen LogP contribution in [0.1, 0.15) is 24.2 Å². The first-order valence-corrected chi connectivity index (χ1v) is 9.24. The van der Waals surface area contributed by atoms with Crippen LogP contribution in [0.25, 0.3) is 0 Å². The van der Waals surface area contributed by atoms with Crippen LogP contribution in [-0.4, -0.2) is 28.6 Å². The van der Waals surface area contributed by atoms with E-state index in [4.69, 9.17) is 23.2 Å². The van der Waals surface area contributed by atoms with Gasteiger partial charge in [-0.3, -0.25) is 9.59 Å². The van der Waals surface area contributed by atoms with Gasteiger partial charge >= 0.3 is 0 Å². The van der Waals surface area contributed by atoms with Crippen LogP contribution in [-0.2, 0) is 4.79 Å². The average Bonchev–Trinajstić information content (AvgIpc) is 2.56. The number of anilines is 1. The summed E-state index contributed by atoms with van der Waals surface area (Å²) in [6.07, 6.45) is 1.37. The molecular formula is C17H17Cl2N3O2S. The van der Waals surface area contributed by atoms with Crippen molar-refractivity contribution in [3.8, 4) is 0 Å². The van der Waals surface area contributed by atoms with E-state index < -0.39 is 0 Å². The topological polar surface area (TPSA) is 71.1 Å². The molecule has 0 unspecified atom stereocenters. The minimum atomic E-state index is -0.335. The van der Waals surface area contributed by atoms with E-state index in [-0.39, 0.29) is 23.6 Å². The number of hydrogen-bond donors (Lipinski definition) is 2. The van der Waals surface area contributed by atoms with Crippen molar-refractivity contribution in [1.82, 2.24) is 10.3 Å². The van der Waals surface area contributed by atoms with E-state index >= 15 is 0 Å². The van der Waals surface area contributed by atoms with Crippen LogP contribution in [0.3, 0.4) is 0 Å². The molecule has 0 bridgehead atoms. The molecule has 1 aromatic heterocycles. The molecule has 1 heterocycles. The molecule has 0 saturated heterocycles. The summed E-state index contributed by atoms with van der Waals surface area (Å²) in [6.45, 7) is 3.79. The van der Waals surface area contributed by atoms with Crippen molar-refractivity contribution in [3.05, 3.63) is 52.1 Å². The number of pyridine rings is 1. The van der Waals surface area contributed by atoms with Crippen molar-refractivity contribution in [2.45, 2.75) is 24.8 Å². The first kappa shape index (κ1) is 19.6. The van der Waals surface area contributed by atoms with Gasteiger partial charge in [0.1, 0.15) is 5.82 Å². The van der Waals surface area contributed by atoms with Crippen molar-refractivity contribution in [3.63, 3.8) is 0 Å². The van der Waals surface area contributed by atoms with Gasteiger partial charge < -0.3 is 10.6 Å². The summed E-state index contributed by atoms with van der Waals surface area (Å²) in [6, 6.07) is 8.62. The third kappa shape index (κ3) is 5.92. The van der Waals surface area contributed by atoms with E-state index in [1.165, 1.54) is 24.0 Å². The smallest absolute Gasteiger partial charge is 0.257 e. The van der Waals surface area contributed by atoms with Gasteiger partial charge in [0.05, 0.1) is 21.4 Å². The lowest BCUT2D eigenvalue weighted by molar-refractivity contribution is -0.119. The molecule has 1 aromatic carbocycles. The molecule has 132 valence electrons. The predicted molar refractivity (Wildman–Crippen MR) is 103 cm³/mol. The lowest BCUT2D eigenvalue weighted by atomic mass is 10.2. The molecule has 0 radical (unpaired) electrons. The minimum Gasteiger partial charge on any atom is -0.353 e. The summed E-state index contributed by atoms with van der Waals surface area (Å²) in [5.74, 6) is 0.115. The maximum Gasteiger partial charge on any atom is 0.257 e. The zero-order chi connectivity index (χ0) is 18.4. The molecule has 0 aliphatic carbocycles. The highest BCUT2D eigenvalue weighted by atomic mass is 35.5. The van der Waals surface area contributed by atoms with Crippen LogP contribution in [0.15, 0.2) is 41.4 Å². The van der Waals surface area contributed by atoms with Crippen molar-refractivity contribution in [2.75, 3.05) is 11.1 Å². The summed E-state index contributed by atoms with van der Waals surface area (Å²) in [7, 11) is 0. The van der Waals surface area contributed by atoms with Crippen molar-refractivity contribution < 1.29 is 9.59 Å². The molecule has 8 heteroatoms. The highest BCUT2D eigenvalue weighted by Crippen LogP contribution is 2.25. The Bertz CT molecular complexity index is 784. The lowest BCUT2D eigenvalue weighted by Gasteiger charge is -2.11. The van der Waals surface area contributed by atoms with Crippen LogP contribution in [0.4, 0.5) is 5.82 Å². The van der Waals surface area contributed by atoms with E-state index in [1.54, 1.807) is 18.2 Å². The summed E-state index contributed by atoms with van der Waals surface area (Å²) in [5, 5.41) is 6.11. The van der Waals surface area contributed by atoms with Gasteiger partial charge in [0.15, 0.2) is 0 Å². The highest BCUT2D eigenvalue weighted by molar-refractivity contribution is 8.00. The number of aromatic nitrogens is 1. The van der Waals surface area contributed by atoms with E-state index in [1.807, 2.05) is 19.9 Å². The number of carbonyl (C=O) groups excluding carboxylic acids is 2. The molecule has 0 aliphatic rings. The molecule has 2 N–H and O–H groups in total. The summed E-state index contributed by atoms with van der Waals surface area (Å²) in [4.78, 5) is 29.0. The number of amides is 2. The Hall–Kier alpha value is -1.76. The summed E-state index contributed by atoms with van der Waals surface area (Å²) in [5.41, 5.74) is 0.456. The van der Waals surface area contributed by atoms with Crippen molar-refractivity contribution >= 4 is 52.6 Å². The van der Waals surface area contributed by atoms with Gasteiger partial charge in [-0.25, -0.2) is 4.98 Å². The number of halogens is 2. The fraction of sp³-hybridized carbons (Fsp3) is 0.235. The molecule has 0 spiro atoms. The van der Waals surface area contributed by atoms with Crippen LogP contribution in [0.5, 0.6) is 0 Å². The minimum absolute atomic E-state index is 0.0763. The molecular weight excluding hydrogens is 381 g/mol. The van der Waals surface area contributed by atoms with Crippen LogP contribution in [0, 0.1) is 0 Å². The Kier molecular flexibility index (Phi) is 7.11. The number of hydrogen-bond acceptors (Lipinski definition) is 4. The second kappa shape index (κ2) is 9.08. The van der Waals surface area contributed by atoms with E-state index in [0.29, 0.717) is 26.3 Å². The van der Waals surface area contributed by atoms with Gasteiger partial charge in [0, 0.05) is 23.2 Å². The quantitative estimate of drug-likeness (QED) is 0.714. The summed E-state index contributed by atoms with van der Waals surface area (Å²) >= 11 is 13.0. The zero-order valence-corrected chi connectivity index (χ0v) is 16.0. The second-order valence-electron chi connectivity index (χ2n) is 5.44. The first-order valence-electron chi connectivity index (χ1n) is 7.50. The molecule has 2 rings (SSSR count). The van der Waals surface area contributed by atoms with Gasteiger partial charge in [-0.15, -0.1) is 11.8 Å². The van der Waals surface area contributed by atoms with E-state index in [2.05, 4.69) is 15.6 Å². The second-order valence-corrected chi connectivity index (χ2v) is 7.28. The van der Waals surface area contributed by atoms with Crippen LogP contribution < -0.4 is 10.6 Å². The Morgan fingerprint density at radius 1 is 1.20 bits per heavy atom. The number of rotatable bonds is 6. The third-order valence-corrected chi connectivity index (χ3v) is 4.77. The predicted octanol–water partition coefficient (Wildman–Crippen LogP) is 4.26. The van der Waals surface area contributed by atoms with Crippen LogP contribution >= 0.6 is 35.0 Å². The van der Waals surface area contributed by atoms with Crippen LogP contribution in [0.2, 0.25) is 10.0 Å². The van der Waals surface area contributed by atoms with Crippen molar-refractivity contribution in [1.29, 1.82) is 0 Å². The zero-order valence-electron chi connectivity index (χ0n) is 13.7. The van der Waals surface area contributed by atoms with Gasteiger partial charge in [-0.05, 0) is 26.0 Å². The third-order valence-electron chi connectivity index (χ3n) is 2.99. The number of nitrogens with one attached hydrogen (secondary N) is 2. The molecule has 5 nitrogen and oxygen atoms in total. The van der Waals surface area contributed by atoms with E-state index in [9.17, 15) is 9.59 Å². The van der Waals surface area contributed by atoms with Crippen molar-refractivity contribution in [2.24, 2.45) is 0 Å². The molecule has 2 amide bonds. The molecule has 0 aliphatic heterocycles. The molecule has 0 fully saturated rings. The van der Waals surface area contributed by atoms with E-state index in [0.717, 1.165) is 0 Å². The fourth-order valence-corrected chi connectivity index (χ4v) is 3.07. The average molecular weight is 398 g/mol. The standard InChI is InChI=1S/C17H17Cl2N3O2S/c1-10(2)21-16(23)9-25-14-6-4-3-5-11(14)17(24)22-15-7-12(18)13(19)8-20-15/h3-8,10H,9H2,1-2H3,(H,21,23)(H,20,22,24). The number of benzene rings is 1. The number of carbonyl (C=O) groups is 2. The maximum absolute atomic E-state index is 12.5. The lowest BCUT2D eigenvalue weighted by Crippen LogP contribution is -2.31. The fourth-order valence-electron chi connectivity index (χ4n) is 1.95. The normalized spacial score (nSPS) is 10.6. The molecule has 0 atom stereocenters. The first-order chi connectivity index (χ1) is 11.9. The molecule has 2 aromatic rings. The maximum atomic E-state index is 12.5. The SMILES string of the molecule is CC(C)NC(=O)CSc1ccccc1C(=O)Nc1cc(Cl)c(Cl)cn1. The monoisotopic (exact) mass is 397 g/mol. The molecule has 25 heavy (non-hydrogen) atoms. The largest absolute Gasteiger partial charge is 0.353 e. The highest BCUT2D eigenvalue weighted by Gasteiger charge is 2.14. The van der Waals surface area contributed by atoms with Gasteiger partial charge in [-0.2, -0.15) is 0 Å². The number of nitrogens with zero attached hydrogens (tertiary/aromatic N) is 1. The number of thioether (sulfide) groups is 1. The van der Waals surface area contributed by atoms with Gasteiger partial charge in [0.2, 0.25) is 5.91 Å². The Morgan fingerprint density at radius 3 is 2.60 bits per heavy atom.